The lowest BCUT2D eigenvalue weighted by Crippen LogP contribution is -2.12. The number of halogens is 1. The molecule has 0 spiro atoms. The predicted octanol–water partition coefficient (Wildman–Crippen LogP) is 3.77. The zero-order valence-electron chi connectivity index (χ0n) is 9.62. The summed E-state index contributed by atoms with van der Waals surface area (Å²) >= 11 is 1.58. The van der Waals surface area contributed by atoms with Gasteiger partial charge in [0.15, 0.2) is 4.80 Å². The summed E-state index contributed by atoms with van der Waals surface area (Å²) in [6.07, 6.45) is 2.15. The van der Waals surface area contributed by atoms with E-state index >= 15 is 0 Å². The molecule has 2 nitrogen and oxygen atoms in total. The van der Waals surface area contributed by atoms with E-state index < -0.39 is 0 Å². The van der Waals surface area contributed by atoms with Crippen molar-refractivity contribution in [3.8, 4) is 0 Å². The molecule has 88 valence electrons. The predicted molar refractivity (Wildman–Crippen MR) is 80.8 cm³/mol. The van der Waals surface area contributed by atoms with Crippen LogP contribution in [0, 0.1) is 5.41 Å². The van der Waals surface area contributed by atoms with Crippen molar-refractivity contribution in [2.75, 3.05) is 0 Å². The number of aromatic nitrogens is 1. The molecule has 0 aliphatic carbocycles. The summed E-state index contributed by atoms with van der Waals surface area (Å²) < 4.78 is 3.34. The van der Waals surface area contributed by atoms with Crippen LogP contribution in [0.1, 0.15) is 25.8 Å². The van der Waals surface area contributed by atoms with Gasteiger partial charge < -0.3 is 4.57 Å². The topological polar surface area (TPSA) is 28.8 Å². The van der Waals surface area contributed by atoms with Crippen LogP contribution in [0.25, 0.3) is 10.2 Å². The highest BCUT2D eigenvalue weighted by Crippen LogP contribution is 2.19. The summed E-state index contributed by atoms with van der Waals surface area (Å²) in [7, 11) is 0. The first kappa shape index (κ1) is 13.7. The zero-order chi connectivity index (χ0) is 10.8. The van der Waals surface area contributed by atoms with Crippen molar-refractivity contribution < 1.29 is 0 Å². The Morgan fingerprint density at radius 2 is 2.06 bits per heavy atom. The van der Waals surface area contributed by atoms with Gasteiger partial charge in [0.1, 0.15) is 0 Å². The molecule has 4 heteroatoms. The minimum absolute atomic E-state index is 0. The van der Waals surface area contributed by atoms with Crippen molar-refractivity contribution in [2.24, 2.45) is 0 Å². The molecular weight excluding hydrogens is 331 g/mol. The van der Waals surface area contributed by atoms with Gasteiger partial charge in [0, 0.05) is 6.54 Å². The molecule has 0 aliphatic heterocycles. The first-order valence-electron chi connectivity index (χ1n) is 5.43. The van der Waals surface area contributed by atoms with Crippen LogP contribution < -0.4 is 4.80 Å². The standard InChI is InChI=1S/C12H16N2S.HI/c1-3-7-14-10-6-5-9(4-2)8-11(10)15-12(14)13;/h5-6,8,13H,3-4,7H2,1-2H3;1H. The number of rotatable bonds is 3. The monoisotopic (exact) mass is 348 g/mol. The van der Waals surface area contributed by atoms with Crippen LogP contribution in [-0.4, -0.2) is 4.57 Å². The maximum Gasteiger partial charge on any atom is 0.182 e. The van der Waals surface area contributed by atoms with Crippen molar-refractivity contribution in [1.29, 1.82) is 5.41 Å². The first-order chi connectivity index (χ1) is 7.26. The SMILES string of the molecule is CCCn1c(=N)sc2cc(CC)ccc21.I. The van der Waals surface area contributed by atoms with Crippen LogP contribution in [0.5, 0.6) is 0 Å². The molecule has 0 aliphatic rings. The van der Waals surface area contributed by atoms with Crippen molar-refractivity contribution in [1.82, 2.24) is 4.57 Å². The molecule has 0 saturated heterocycles. The molecule has 2 rings (SSSR count). The molecular formula is C12H17IN2S. The number of hydrogen-bond donors (Lipinski definition) is 1. The highest BCUT2D eigenvalue weighted by molar-refractivity contribution is 14.0. The molecule has 0 radical (unpaired) electrons. The second-order valence-electron chi connectivity index (χ2n) is 3.71. The summed E-state index contributed by atoms with van der Waals surface area (Å²) in [5.74, 6) is 0. The third kappa shape index (κ3) is 2.48. The average Bonchev–Trinajstić information content (AvgIpc) is 2.55. The minimum Gasteiger partial charge on any atom is -0.317 e. The van der Waals surface area contributed by atoms with Gasteiger partial charge in [-0.2, -0.15) is 0 Å². The van der Waals surface area contributed by atoms with E-state index in [9.17, 15) is 0 Å². The van der Waals surface area contributed by atoms with Crippen molar-refractivity contribution >= 4 is 45.5 Å². The number of fused-ring (bicyclic) bond motifs is 1. The number of nitrogens with zero attached hydrogens (tertiary/aromatic N) is 1. The largest absolute Gasteiger partial charge is 0.317 e. The van der Waals surface area contributed by atoms with Crippen LogP contribution >= 0.6 is 35.3 Å². The lowest BCUT2D eigenvalue weighted by atomic mass is 10.2. The molecule has 0 atom stereocenters. The van der Waals surface area contributed by atoms with E-state index in [4.69, 9.17) is 5.41 Å². The molecule has 2 aromatic rings. The summed E-state index contributed by atoms with van der Waals surface area (Å²) in [5.41, 5.74) is 2.57. The van der Waals surface area contributed by atoms with E-state index in [1.165, 1.54) is 15.8 Å². The number of benzene rings is 1. The van der Waals surface area contributed by atoms with Crippen molar-refractivity contribution in [2.45, 2.75) is 33.2 Å². The third-order valence-corrected chi connectivity index (χ3v) is 3.58. The minimum atomic E-state index is 0. The Hall–Kier alpha value is -0.360. The highest BCUT2D eigenvalue weighted by Gasteiger charge is 2.04. The number of hydrogen-bond acceptors (Lipinski definition) is 2. The molecule has 1 N–H and O–H groups in total. The second kappa shape index (κ2) is 5.82. The maximum absolute atomic E-state index is 7.91. The fourth-order valence-electron chi connectivity index (χ4n) is 1.80. The van der Waals surface area contributed by atoms with Crippen LogP contribution in [0.2, 0.25) is 0 Å². The smallest absolute Gasteiger partial charge is 0.182 e. The number of aryl methyl sites for hydroxylation is 2. The Balaban J connectivity index is 0.00000128. The van der Waals surface area contributed by atoms with Crippen LogP contribution in [0.15, 0.2) is 18.2 Å². The van der Waals surface area contributed by atoms with Gasteiger partial charge in [-0.05, 0) is 30.5 Å². The quantitative estimate of drug-likeness (QED) is 0.819. The lowest BCUT2D eigenvalue weighted by Gasteiger charge is -2.02. The Labute approximate surface area is 117 Å². The molecule has 0 fully saturated rings. The lowest BCUT2D eigenvalue weighted by molar-refractivity contribution is 0.676. The van der Waals surface area contributed by atoms with Gasteiger partial charge in [0.25, 0.3) is 0 Å². The van der Waals surface area contributed by atoms with E-state index in [1.807, 2.05) is 0 Å². The zero-order valence-corrected chi connectivity index (χ0v) is 12.8. The highest BCUT2D eigenvalue weighted by atomic mass is 127. The van der Waals surface area contributed by atoms with Gasteiger partial charge in [-0.1, -0.05) is 31.3 Å². The van der Waals surface area contributed by atoms with E-state index in [0.29, 0.717) is 4.80 Å². The van der Waals surface area contributed by atoms with E-state index in [-0.39, 0.29) is 24.0 Å². The normalized spacial score (nSPS) is 10.4. The average molecular weight is 348 g/mol. The molecule has 1 aromatic heterocycles. The number of nitrogens with one attached hydrogen (secondary N) is 1. The molecule has 1 heterocycles. The van der Waals surface area contributed by atoms with Gasteiger partial charge in [-0.3, -0.25) is 5.41 Å². The molecule has 16 heavy (non-hydrogen) atoms. The Morgan fingerprint density at radius 3 is 2.69 bits per heavy atom. The fourth-order valence-corrected chi connectivity index (χ4v) is 2.80. The van der Waals surface area contributed by atoms with Crippen LogP contribution in [-0.2, 0) is 13.0 Å². The van der Waals surface area contributed by atoms with E-state index in [0.717, 1.165) is 19.4 Å². The Kier molecular flexibility index (Phi) is 4.98. The summed E-state index contributed by atoms with van der Waals surface area (Å²) in [5, 5.41) is 7.91. The van der Waals surface area contributed by atoms with Crippen LogP contribution in [0.3, 0.4) is 0 Å². The van der Waals surface area contributed by atoms with E-state index in [1.54, 1.807) is 11.3 Å². The number of thiazole rings is 1. The first-order valence-corrected chi connectivity index (χ1v) is 6.24. The summed E-state index contributed by atoms with van der Waals surface area (Å²) in [6.45, 7) is 5.26. The van der Waals surface area contributed by atoms with Crippen molar-refractivity contribution in [3.63, 3.8) is 0 Å². The van der Waals surface area contributed by atoms with E-state index in [2.05, 4.69) is 36.6 Å². The summed E-state index contributed by atoms with van der Waals surface area (Å²) in [4.78, 5) is 0.667. The van der Waals surface area contributed by atoms with Gasteiger partial charge in [-0.25, -0.2) is 0 Å². The molecule has 0 bridgehead atoms. The second-order valence-corrected chi connectivity index (χ2v) is 4.75. The molecule has 0 saturated carbocycles. The van der Waals surface area contributed by atoms with Gasteiger partial charge in [0.2, 0.25) is 0 Å². The third-order valence-electron chi connectivity index (χ3n) is 2.62. The van der Waals surface area contributed by atoms with Gasteiger partial charge >= 0.3 is 0 Å². The molecule has 0 unspecified atom stereocenters. The van der Waals surface area contributed by atoms with Gasteiger partial charge in [-0.15, -0.1) is 24.0 Å². The van der Waals surface area contributed by atoms with Crippen molar-refractivity contribution in [3.05, 3.63) is 28.6 Å². The maximum atomic E-state index is 7.91. The van der Waals surface area contributed by atoms with Gasteiger partial charge in [0.05, 0.1) is 10.2 Å². The fraction of sp³-hybridized carbons (Fsp3) is 0.417. The summed E-state index contributed by atoms with van der Waals surface area (Å²) in [6, 6.07) is 6.53. The Bertz CT molecular complexity index is 527. The van der Waals surface area contributed by atoms with Crippen LogP contribution in [0.4, 0.5) is 0 Å². The Morgan fingerprint density at radius 1 is 1.31 bits per heavy atom. The molecule has 0 amide bonds. The molecule has 1 aromatic carbocycles.